The van der Waals surface area contributed by atoms with Gasteiger partial charge in [0.2, 0.25) is 0 Å². The van der Waals surface area contributed by atoms with Crippen molar-refractivity contribution in [3.63, 3.8) is 0 Å². The van der Waals surface area contributed by atoms with Crippen molar-refractivity contribution in [3.8, 4) is 0 Å². The smallest absolute Gasteiger partial charge is 0.303 e. The minimum absolute atomic E-state index is 0.108. The van der Waals surface area contributed by atoms with Crippen LogP contribution in [0.3, 0.4) is 0 Å². The van der Waals surface area contributed by atoms with Crippen LogP contribution >= 0.6 is 0 Å². The Bertz CT molecular complexity index is 192. The molecule has 0 amide bonds. The van der Waals surface area contributed by atoms with Crippen LogP contribution in [0.25, 0.3) is 0 Å². The molecule has 1 atom stereocenters. The molecule has 4 heteroatoms. The summed E-state index contributed by atoms with van der Waals surface area (Å²) in [6.45, 7) is 4.60. The van der Waals surface area contributed by atoms with E-state index in [0.29, 0.717) is 13.0 Å². The lowest BCUT2D eigenvalue weighted by molar-refractivity contribution is -0.137. The largest absolute Gasteiger partial charge is 0.481 e. The third-order valence-corrected chi connectivity index (χ3v) is 2.23. The fourth-order valence-corrected chi connectivity index (χ4v) is 1.40. The van der Waals surface area contributed by atoms with Crippen LogP contribution in [0.2, 0.25) is 0 Å². The molecule has 0 aliphatic rings. The monoisotopic (exact) mass is 201 g/mol. The van der Waals surface area contributed by atoms with E-state index in [1.54, 1.807) is 0 Å². The summed E-state index contributed by atoms with van der Waals surface area (Å²) < 4.78 is 0. The Morgan fingerprint density at radius 1 is 1.50 bits per heavy atom. The summed E-state index contributed by atoms with van der Waals surface area (Å²) in [4.78, 5) is 22.9. The molecule has 0 rings (SSSR count). The lowest BCUT2D eigenvalue weighted by Gasteiger charge is -2.26. The highest BCUT2D eigenvalue weighted by Crippen LogP contribution is 2.07. The maximum absolute atomic E-state index is 10.7. The summed E-state index contributed by atoms with van der Waals surface area (Å²) >= 11 is 0. The fourth-order valence-electron chi connectivity index (χ4n) is 1.40. The molecular weight excluding hydrogens is 182 g/mol. The van der Waals surface area contributed by atoms with E-state index in [1.165, 1.54) is 0 Å². The van der Waals surface area contributed by atoms with E-state index in [0.717, 1.165) is 6.29 Å². The third kappa shape index (κ3) is 4.97. The molecule has 0 aliphatic carbocycles. The van der Waals surface area contributed by atoms with Crippen molar-refractivity contribution in [1.29, 1.82) is 0 Å². The standard InChI is InChI=1S/C10H19NO3/c1-8(2)9(7-12)11(3)6-4-5-10(13)14/h7-9H,4-6H2,1-3H3,(H,13,14)/t9-/m1/s1. The lowest BCUT2D eigenvalue weighted by Crippen LogP contribution is -2.37. The number of carboxylic acids is 1. The lowest BCUT2D eigenvalue weighted by atomic mass is 10.0. The molecule has 0 unspecified atom stereocenters. The number of carbonyl (C=O) groups excluding carboxylic acids is 1. The molecule has 0 aromatic rings. The summed E-state index contributed by atoms with van der Waals surface area (Å²) in [5, 5.41) is 8.44. The molecule has 0 aliphatic heterocycles. The van der Waals surface area contributed by atoms with E-state index in [1.807, 2.05) is 25.8 Å². The predicted octanol–water partition coefficient (Wildman–Crippen LogP) is 1.01. The SMILES string of the molecule is CC(C)[C@@H](C=O)N(C)CCCC(=O)O. The summed E-state index contributed by atoms with van der Waals surface area (Å²) in [5.74, 6) is -0.520. The maximum Gasteiger partial charge on any atom is 0.303 e. The molecule has 0 bridgehead atoms. The van der Waals surface area contributed by atoms with Crippen molar-refractivity contribution >= 4 is 12.3 Å². The van der Waals surface area contributed by atoms with Gasteiger partial charge in [0.05, 0.1) is 6.04 Å². The number of likely N-dealkylation sites (N-methyl/N-ethyl adjacent to an activating group) is 1. The molecule has 0 heterocycles. The Balaban J connectivity index is 3.86. The van der Waals surface area contributed by atoms with Gasteiger partial charge < -0.3 is 9.90 Å². The average molecular weight is 201 g/mol. The summed E-state index contributed by atoms with van der Waals surface area (Å²) in [5.41, 5.74) is 0. The van der Waals surface area contributed by atoms with Crippen molar-refractivity contribution in [1.82, 2.24) is 4.90 Å². The van der Waals surface area contributed by atoms with Gasteiger partial charge in [-0.15, -0.1) is 0 Å². The Kier molecular flexibility index (Phi) is 6.12. The van der Waals surface area contributed by atoms with E-state index in [4.69, 9.17) is 5.11 Å². The first-order valence-corrected chi connectivity index (χ1v) is 4.86. The second-order valence-corrected chi connectivity index (χ2v) is 3.85. The van der Waals surface area contributed by atoms with Crippen LogP contribution in [0.1, 0.15) is 26.7 Å². The quantitative estimate of drug-likeness (QED) is 0.624. The van der Waals surface area contributed by atoms with Gasteiger partial charge >= 0.3 is 5.97 Å². The van der Waals surface area contributed by atoms with E-state index < -0.39 is 5.97 Å². The van der Waals surface area contributed by atoms with Crippen LogP contribution < -0.4 is 0 Å². The molecule has 0 spiro atoms. The van der Waals surface area contributed by atoms with Crippen LogP contribution in [0.5, 0.6) is 0 Å². The molecule has 0 fully saturated rings. The first-order valence-electron chi connectivity index (χ1n) is 4.86. The van der Waals surface area contributed by atoms with Crippen LogP contribution in [0.15, 0.2) is 0 Å². The van der Waals surface area contributed by atoms with Crippen molar-refractivity contribution in [2.24, 2.45) is 5.92 Å². The highest BCUT2D eigenvalue weighted by molar-refractivity contribution is 5.66. The summed E-state index contributed by atoms with van der Waals surface area (Å²) in [6.07, 6.45) is 1.67. The van der Waals surface area contributed by atoms with Gasteiger partial charge in [0.1, 0.15) is 6.29 Å². The van der Waals surface area contributed by atoms with E-state index >= 15 is 0 Å². The van der Waals surface area contributed by atoms with Crippen LogP contribution in [-0.2, 0) is 9.59 Å². The van der Waals surface area contributed by atoms with Gasteiger partial charge in [0.15, 0.2) is 0 Å². The predicted molar refractivity (Wildman–Crippen MR) is 54.2 cm³/mol. The number of hydrogen-bond donors (Lipinski definition) is 1. The highest BCUT2D eigenvalue weighted by Gasteiger charge is 2.17. The number of rotatable bonds is 7. The van der Waals surface area contributed by atoms with Gasteiger partial charge in [0, 0.05) is 6.42 Å². The third-order valence-electron chi connectivity index (χ3n) is 2.23. The molecule has 0 saturated heterocycles. The molecular formula is C10H19NO3. The summed E-state index contributed by atoms with van der Waals surface area (Å²) in [7, 11) is 1.85. The Morgan fingerprint density at radius 3 is 2.43 bits per heavy atom. The highest BCUT2D eigenvalue weighted by atomic mass is 16.4. The van der Waals surface area contributed by atoms with Gasteiger partial charge in [-0.2, -0.15) is 0 Å². The van der Waals surface area contributed by atoms with Gasteiger partial charge in [-0.25, -0.2) is 0 Å². The zero-order chi connectivity index (χ0) is 11.1. The van der Waals surface area contributed by atoms with Crippen molar-refractivity contribution in [2.75, 3.05) is 13.6 Å². The number of carbonyl (C=O) groups is 2. The van der Waals surface area contributed by atoms with Crippen molar-refractivity contribution in [3.05, 3.63) is 0 Å². The van der Waals surface area contributed by atoms with E-state index in [9.17, 15) is 9.59 Å². The first kappa shape index (κ1) is 13.1. The maximum atomic E-state index is 10.7. The second kappa shape index (κ2) is 6.54. The first-order chi connectivity index (χ1) is 6.49. The minimum Gasteiger partial charge on any atom is -0.481 e. The van der Waals surface area contributed by atoms with Crippen LogP contribution in [0, 0.1) is 5.92 Å². The van der Waals surface area contributed by atoms with Crippen LogP contribution in [-0.4, -0.2) is 41.9 Å². The zero-order valence-corrected chi connectivity index (χ0v) is 9.06. The molecule has 4 nitrogen and oxygen atoms in total. The number of aldehydes is 1. The zero-order valence-electron chi connectivity index (χ0n) is 9.06. The molecule has 0 aromatic heterocycles. The Morgan fingerprint density at radius 2 is 2.07 bits per heavy atom. The van der Waals surface area contributed by atoms with E-state index in [2.05, 4.69) is 0 Å². The van der Waals surface area contributed by atoms with Crippen molar-refractivity contribution < 1.29 is 14.7 Å². The number of aliphatic carboxylic acids is 1. The van der Waals surface area contributed by atoms with Crippen molar-refractivity contribution in [2.45, 2.75) is 32.7 Å². The molecule has 14 heavy (non-hydrogen) atoms. The number of nitrogens with zero attached hydrogens (tertiary/aromatic N) is 1. The normalized spacial score (nSPS) is 13.2. The molecule has 0 aromatic carbocycles. The summed E-state index contributed by atoms with van der Waals surface area (Å²) in [6, 6.07) is -0.108. The number of carboxylic acid groups (broad SMARTS) is 1. The van der Waals surface area contributed by atoms with Crippen LogP contribution in [0.4, 0.5) is 0 Å². The Hall–Kier alpha value is -0.900. The molecule has 82 valence electrons. The topological polar surface area (TPSA) is 57.6 Å². The molecule has 0 saturated carbocycles. The molecule has 0 radical (unpaired) electrons. The molecule has 1 N–H and O–H groups in total. The van der Waals surface area contributed by atoms with E-state index in [-0.39, 0.29) is 18.4 Å². The average Bonchev–Trinajstić information content (AvgIpc) is 2.03. The fraction of sp³-hybridized carbons (Fsp3) is 0.800. The van der Waals surface area contributed by atoms with Gasteiger partial charge in [-0.3, -0.25) is 9.69 Å². The van der Waals surface area contributed by atoms with Gasteiger partial charge in [-0.1, -0.05) is 13.8 Å². The van der Waals surface area contributed by atoms with Gasteiger partial charge in [-0.05, 0) is 25.9 Å². The van der Waals surface area contributed by atoms with Gasteiger partial charge in [0.25, 0.3) is 0 Å². The second-order valence-electron chi connectivity index (χ2n) is 3.85. The minimum atomic E-state index is -0.786. The Labute approximate surface area is 84.9 Å². The number of hydrogen-bond acceptors (Lipinski definition) is 3.